The fourth-order valence-corrected chi connectivity index (χ4v) is 2.08. The molecule has 1 amide bonds. The number of amides is 1. The van der Waals surface area contributed by atoms with Crippen molar-refractivity contribution in [1.82, 2.24) is 5.32 Å². The Labute approximate surface area is 105 Å². The Morgan fingerprint density at radius 1 is 1.12 bits per heavy atom. The molecule has 0 saturated heterocycles. The van der Waals surface area contributed by atoms with Gasteiger partial charge in [0.2, 0.25) is 0 Å². The van der Waals surface area contributed by atoms with E-state index >= 15 is 0 Å². The Hall–Kier alpha value is -1.87. The van der Waals surface area contributed by atoms with Crippen LogP contribution in [0.5, 0.6) is 0 Å². The summed E-state index contributed by atoms with van der Waals surface area (Å²) in [5.74, 6) is -0.0571. The van der Waals surface area contributed by atoms with E-state index in [9.17, 15) is 4.79 Å². The van der Waals surface area contributed by atoms with Gasteiger partial charge in [-0.25, -0.2) is 0 Å². The normalized spacial score (nSPS) is 10.6. The molecule has 0 unspecified atom stereocenters. The van der Waals surface area contributed by atoms with Crippen molar-refractivity contribution < 1.29 is 4.79 Å². The summed E-state index contributed by atoms with van der Waals surface area (Å²) in [7, 11) is 1.63. The molecule has 0 bridgehead atoms. The summed E-state index contributed by atoms with van der Waals surface area (Å²) in [5.41, 5.74) is 2.97. The number of carbonyl (C=O) groups excluding carboxylic acids is 1. The van der Waals surface area contributed by atoms with Crippen molar-refractivity contribution in [2.75, 3.05) is 7.05 Å². The second-order valence-corrected chi connectivity index (χ2v) is 4.37. The molecule has 0 saturated carbocycles. The van der Waals surface area contributed by atoms with E-state index in [2.05, 4.69) is 22.8 Å². The van der Waals surface area contributed by atoms with Crippen LogP contribution in [0.4, 0.5) is 0 Å². The molecule has 86 valence electrons. The maximum atomic E-state index is 11.3. The largest absolute Gasteiger partial charge is 0.355 e. The summed E-state index contributed by atoms with van der Waals surface area (Å²) < 4.78 is 0. The molecule has 0 aliphatic heterocycles. The van der Waals surface area contributed by atoms with Crippen molar-refractivity contribution in [3.63, 3.8) is 0 Å². The fourth-order valence-electron chi connectivity index (χ4n) is 1.45. The molecule has 0 fully saturated rings. The molecule has 17 heavy (non-hydrogen) atoms. The molecule has 0 aliphatic rings. The highest BCUT2D eigenvalue weighted by Crippen LogP contribution is 2.12. The molecule has 0 radical (unpaired) electrons. The molecular formula is C14H13NOS. The van der Waals surface area contributed by atoms with Crippen LogP contribution < -0.4 is 5.32 Å². The zero-order chi connectivity index (χ0) is 12.1. The second kappa shape index (κ2) is 5.46. The highest BCUT2D eigenvalue weighted by Gasteiger charge is 2.00. The Bertz CT molecular complexity index is 512. The van der Waals surface area contributed by atoms with E-state index in [1.807, 2.05) is 35.7 Å². The van der Waals surface area contributed by atoms with Crippen LogP contribution in [0.15, 0.2) is 41.1 Å². The Balaban J connectivity index is 2.11. The first-order chi connectivity index (χ1) is 8.29. The molecule has 0 aliphatic carbocycles. The first kappa shape index (κ1) is 11.6. The molecule has 2 rings (SSSR count). The summed E-state index contributed by atoms with van der Waals surface area (Å²) in [6, 6.07) is 9.60. The molecule has 0 spiro atoms. The van der Waals surface area contributed by atoms with Crippen LogP contribution in [0.1, 0.15) is 21.5 Å². The van der Waals surface area contributed by atoms with Crippen molar-refractivity contribution >= 4 is 29.4 Å². The lowest BCUT2D eigenvalue weighted by molar-refractivity contribution is 0.0963. The fraction of sp³-hybridized carbons (Fsp3) is 0.0714. The zero-order valence-corrected chi connectivity index (χ0v) is 10.3. The van der Waals surface area contributed by atoms with Gasteiger partial charge in [0.1, 0.15) is 0 Å². The van der Waals surface area contributed by atoms with Gasteiger partial charge in [0.25, 0.3) is 5.91 Å². The van der Waals surface area contributed by atoms with Crippen LogP contribution in [0.25, 0.3) is 12.2 Å². The van der Waals surface area contributed by atoms with E-state index in [0.29, 0.717) is 5.56 Å². The number of carbonyl (C=O) groups is 1. The number of nitrogens with one attached hydrogen (secondary N) is 1. The van der Waals surface area contributed by atoms with E-state index < -0.39 is 0 Å². The molecule has 3 heteroatoms. The second-order valence-electron chi connectivity index (χ2n) is 3.59. The van der Waals surface area contributed by atoms with Crippen LogP contribution in [-0.4, -0.2) is 13.0 Å². The standard InChI is InChI=1S/C14H13NOS/c1-15-14(16)13-6-4-11(5-7-13)2-3-12-8-9-17-10-12/h2-10H,1H3,(H,15,16)/b3-2+. The minimum absolute atomic E-state index is 0.0571. The number of rotatable bonds is 3. The lowest BCUT2D eigenvalue weighted by atomic mass is 10.1. The topological polar surface area (TPSA) is 29.1 Å². The number of hydrogen-bond acceptors (Lipinski definition) is 2. The molecule has 1 aromatic carbocycles. The highest BCUT2D eigenvalue weighted by atomic mass is 32.1. The van der Waals surface area contributed by atoms with Gasteiger partial charge in [0, 0.05) is 12.6 Å². The maximum Gasteiger partial charge on any atom is 0.251 e. The third-order valence-electron chi connectivity index (χ3n) is 2.41. The van der Waals surface area contributed by atoms with E-state index in [-0.39, 0.29) is 5.91 Å². The van der Waals surface area contributed by atoms with Gasteiger partial charge < -0.3 is 5.32 Å². The molecule has 2 nitrogen and oxygen atoms in total. The molecule has 1 heterocycles. The maximum absolute atomic E-state index is 11.3. The Morgan fingerprint density at radius 2 is 1.82 bits per heavy atom. The lowest BCUT2D eigenvalue weighted by Gasteiger charge is -1.99. The predicted molar refractivity (Wildman–Crippen MR) is 73.1 cm³/mol. The molecule has 1 aromatic heterocycles. The van der Waals surface area contributed by atoms with E-state index in [1.165, 1.54) is 5.56 Å². The Kier molecular flexibility index (Phi) is 3.73. The smallest absolute Gasteiger partial charge is 0.251 e. The SMILES string of the molecule is CNC(=O)c1ccc(/C=C/c2ccsc2)cc1. The first-order valence-electron chi connectivity index (χ1n) is 5.32. The monoisotopic (exact) mass is 243 g/mol. The summed E-state index contributed by atoms with van der Waals surface area (Å²) in [4.78, 5) is 11.3. The van der Waals surface area contributed by atoms with Crippen molar-refractivity contribution in [2.24, 2.45) is 0 Å². The Morgan fingerprint density at radius 3 is 2.41 bits per heavy atom. The lowest BCUT2D eigenvalue weighted by Crippen LogP contribution is -2.17. The van der Waals surface area contributed by atoms with Gasteiger partial charge in [0.05, 0.1) is 0 Å². The summed E-state index contributed by atoms with van der Waals surface area (Å²) in [6.45, 7) is 0. The summed E-state index contributed by atoms with van der Waals surface area (Å²) in [5, 5.41) is 6.74. The van der Waals surface area contributed by atoms with Gasteiger partial charge in [-0.15, -0.1) is 0 Å². The molecule has 0 atom stereocenters. The summed E-state index contributed by atoms with van der Waals surface area (Å²) >= 11 is 1.68. The summed E-state index contributed by atoms with van der Waals surface area (Å²) in [6.07, 6.45) is 4.10. The molecular weight excluding hydrogens is 230 g/mol. The average molecular weight is 243 g/mol. The third kappa shape index (κ3) is 3.04. The van der Waals surface area contributed by atoms with Crippen LogP contribution in [0, 0.1) is 0 Å². The number of benzene rings is 1. The van der Waals surface area contributed by atoms with Gasteiger partial charge in [-0.1, -0.05) is 24.3 Å². The average Bonchev–Trinajstić information content (AvgIpc) is 2.89. The van der Waals surface area contributed by atoms with Gasteiger partial charge >= 0.3 is 0 Å². The van der Waals surface area contributed by atoms with Crippen LogP contribution >= 0.6 is 11.3 Å². The van der Waals surface area contributed by atoms with Gasteiger partial charge in [0.15, 0.2) is 0 Å². The van der Waals surface area contributed by atoms with Crippen LogP contribution in [0.2, 0.25) is 0 Å². The van der Waals surface area contributed by atoms with Crippen molar-refractivity contribution in [3.8, 4) is 0 Å². The van der Waals surface area contributed by atoms with Crippen LogP contribution in [-0.2, 0) is 0 Å². The van der Waals surface area contributed by atoms with Crippen molar-refractivity contribution in [1.29, 1.82) is 0 Å². The van der Waals surface area contributed by atoms with E-state index in [4.69, 9.17) is 0 Å². The van der Waals surface area contributed by atoms with Crippen LogP contribution in [0.3, 0.4) is 0 Å². The zero-order valence-electron chi connectivity index (χ0n) is 9.51. The number of hydrogen-bond donors (Lipinski definition) is 1. The molecule has 2 aromatic rings. The third-order valence-corrected chi connectivity index (χ3v) is 3.11. The number of thiophene rings is 1. The molecule has 1 N–H and O–H groups in total. The first-order valence-corrected chi connectivity index (χ1v) is 6.26. The minimum Gasteiger partial charge on any atom is -0.355 e. The van der Waals surface area contributed by atoms with Gasteiger partial charge in [-0.3, -0.25) is 4.79 Å². The van der Waals surface area contributed by atoms with Crippen molar-refractivity contribution in [2.45, 2.75) is 0 Å². The minimum atomic E-state index is -0.0571. The van der Waals surface area contributed by atoms with Gasteiger partial charge in [-0.05, 0) is 40.1 Å². The van der Waals surface area contributed by atoms with E-state index in [0.717, 1.165) is 5.56 Å². The quantitative estimate of drug-likeness (QED) is 0.880. The van der Waals surface area contributed by atoms with Gasteiger partial charge in [-0.2, -0.15) is 11.3 Å². The van der Waals surface area contributed by atoms with E-state index in [1.54, 1.807) is 18.4 Å². The highest BCUT2D eigenvalue weighted by molar-refractivity contribution is 7.08. The predicted octanol–water partition coefficient (Wildman–Crippen LogP) is 3.28. The van der Waals surface area contributed by atoms with Crippen molar-refractivity contribution in [3.05, 3.63) is 57.8 Å².